The number of aromatic amines is 1. The van der Waals surface area contributed by atoms with Crippen molar-refractivity contribution >= 4 is 17.5 Å². The predicted molar refractivity (Wildman–Crippen MR) is 116 cm³/mol. The molecule has 4 aromatic rings. The minimum absolute atomic E-state index is 0.0383. The van der Waals surface area contributed by atoms with Crippen LogP contribution in [-0.4, -0.2) is 29.3 Å². The van der Waals surface area contributed by atoms with E-state index in [4.69, 9.17) is 22.1 Å². The van der Waals surface area contributed by atoms with E-state index in [0.29, 0.717) is 17.2 Å². The number of ether oxygens (including phenoxy) is 1. The first-order valence-electron chi connectivity index (χ1n) is 9.50. The molecule has 34 heavy (non-hydrogen) atoms. The second-order valence-electron chi connectivity index (χ2n) is 7.10. The van der Waals surface area contributed by atoms with Gasteiger partial charge in [-0.15, -0.1) is 0 Å². The van der Waals surface area contributed by atoms with Crippen LogP contribution in [0.2, 0.25) is 5.02 Å². The Labute approximate surface area is 193 Å². The normalized spacial score (nSPS) is 11.6. The fourth-order valence-electron chi connectivity index (χ4n) is 3.07. The van der Waals surface area contributed by atoms with Crippen LogP contribution in [0.3, 0.4) is 0 Å². The fraction of sp³-hybridized carbons (Fsp3) is 0.150. The molecular weight excluding hydrogens is 479 g/mol. The summed E-state index contributed by atoms with van der Waals surface area (Å²) in [7, 11) is 1.40. The summed E-state index contributed by atoms with van der Waals surface area (Å²) in [6.45, 7) is -0.272. The zero-order valence-corrected chi connectivity index (χ0v) is 18.1. The molecule has 0 amide bonds. The topological polar surface area (TPSA) is 134 Å². The number of pyridine rings is 1. The highest BCUT2D eigenvalue weighted by Crippen LogP contribution is 2.37. The van der Waals surface area contributed by atoms with E-state index < -0.39 is 28.7 Å². The first-order chi connectivity index (χ1) is 16.0. The molecule has 3 heterocycles. The number of aromatic nitrogens is 6. The van der Waals surface area contributed by atoms with E-state index in [-0.39, 0.29) is 29.1 Å². The Kier molecular flexibility index (Phi) is 5.87. The number of H-pyrrole nitrogens is 1. The maximum Gasteiger partial charge on any atom is 0.420 e. The molecule has 0 atom stereocenters. The van der Waals surface area contributed by atoms with Crippen molar-refractivity contribution in [2.75, 3.05) is 5.73 Å². The smallest absolute Gasteiger partial charge is 0.420 e. The van der Waals surface area contributed by atoms with Gasteiger partial charge in [-0.25, -0.2) is 19.9 Å². The Balaban J connectivity index is 1.78. The van der Waals surface area contributed by atoms with Gasteiger partial charge in [-0.05, 0) is 29.8 Å². The van der Waals surface area contributed by atoms with Gasteiger partial charge < -0.3 is 15.0 Å². The van der Waals surface area contributed by atoms with Gasteiger partial charge in [-0.2, -0.15) is 18.3 Å². The van der Waals surface area contributed by atoms with E-state index in [0.717, 1.165) is 15.3 Å². The maximum absolute atomic E-state index is 13.7. The molecule has 0 aliphatic heterocycles. The predicted octanol–water partition coefficient (Wildman–Crippen LogP) is 2.82. The number of halogens is 4. The molecular formula is C20H15ClF3N7O3. The lowest BCUT2D eigenvalue weighted by Gasteiger charge is -2.16. The second-order valence-corrected chi connectivity index (χ2v) is 7.54. The third-order valence-corrected chi connectivity index (χ3v) is 5.03. The van der Waals surface area contributed by atoms with Gasteiger partial charge in [0.05, 0.1) is 6.54 Å². The number of nitrogens with one attached hydrogen (secondary N) is 1. The molecule has 0 radical (unpaired) electrons. The van der Waals surface area contributed by atoms with Crippen molar-refractivity contribution in [2.24, 2.45) is 7.05 Å². The molecule has 0 fully saturated rings. The Morgan fingerprint density at radius 3 is 2.47 bits per heavy atom. The zero-order valence-electron chi connectivity index (χ0n) is 17.3. The lowest BCUT2D eigenvalue weighted by atomic mass is 10.1. The molecule has 1 aromatic carbocycles. The molecule has 0 aliphatic carbocycles. The summed E-state index contributed by atoms with van der Waals surface area (Å²) in [5.41, 5.74) is 3.49. The van der Waals surface area contributed by atoms with Crippen LogP contribution in [-0.2, 0) is 19.8 Å². The van der Waals surface area contributed by atoms with Crippen LogP contribution in [0.4, 0.5) is 19.1 Å². The highest BCUT2D eigenvalue weighted by molar-refractivity contribution is 6.31. The Morgan fingerprint density at radius 1 is 1.15 bits per heavy atom. The lowest BCUT2D eigenvalue weighted by Crippen LogP contribution is -2.26. The summed E-state index contributed by atoms with van der Waals surface area (Å²) in [5, 5.41) is 6.10. The third kappa shape index (κ3) is 4.64. The Morgan fingerprint density at radius 2 is 1.85 bits per heavy atom. The Bertz CT molecular complexity index is 1480. The van der Waals surface area contributed by atoms with Gasteiger partial charge in [0, 0.05) is 36.2 Å². The number of benzene rings is 1. The third-order valence-electron chi connectivity index (χ3n) is 4.81. The minimum atomic E-state index is -4.88. The minimum Gasteiger partial charge on any atom is -0.451 e. The summed E-state index contributed by atoms with van der Waals surface area (Å²) < 4.78 is 48.5. The molecule has 0 saturated carbocycles. The second kappa shape index (κ2) is 8.67. The highest BCUT2D eigenvalue weighted by atomic mass is 35.5. The Hall–Kier alpha value is -4.13. The standard InChI is InChI=1S/C20H15ClF3N7O3/c1-30-15(28-29-19(30)33)9-31-3-2-14(20(22,23)24)16(17(31)32)34-13-5-10(4-12(21)6-13)11-7-26-18(25)27-8-11/h2-8H,9H2,1H3,(H,29,33)(H2,25,26,27). The molecule has 14 heteroatoms. The average Bonchev–Trinajstić information content (AvgIpc) is 3.08. The molecule has 0 spiro atoms. The van der Waals surface area contributed by atoms with Crippen LogP contribution in [0.25, 0.3) is 11.1 Å². The van der Waals surface area contributed by atoms with Crippen molar-refractivity contribution in [1.82, 2.24) is 29.3 Å². The first-order valence-corrected chi connectivity index (χ1v) is 9.88. The van der Waals surface area contributed by atoms with E-state index in [1.807, 2.05) is 0 Å². The van der Waals surface area contributed by atoms with Gasteiger partial charge in [-0.1, -0.05) is 11.6 Å². The SMILES string of the molecule is Cn1c(Cn2ccc(C(F)(F)F)c(Oc3cc(Cl)cc(-c4cnc(N)nc4)c3)c2=O)n[nH]c1=O. The van der Waals surface area contributed by atoms with Gasteiger partial charge in [0.2, 0.25) is 11.7 Å². The highest BCUT2D eigenvalue weighted by Gasteiger charge is 2.36. The quantitative estimate of drug-likeness (QED) is 0.436. The van der Waals surface area contributed by atoms with E-state index >= 15 is 0 Å². The maximum atomic E-state index is 13.7. The molecule has 0 saturated heterocycles. The number of rotatable bonds is 5. The van der Waals surface area contributed by atoms with Gasteiger partial charge in [-0.3, -0.25) is 9.36 Å². The van der Waals surface area contributed by atoms with E-state index in [1.54, 1.807) is 0 Å². The summed E-state index contributed by atoms with van der Waals surface area (Å²) in [4.78, 5) is 32.3. The summed E-state index contributed by atoms with van der Waals surface area (Å²) in [6.07, 6.45) is -1.11. The number of hydrogen-bond acceptors (Lipinski definition) is 7. The molecule has 0 aliphatic rings. The number of hydrogen-bond donors (Lipinski definition) is 2. The zero-order chi connectivity index (χ0) is 24.6. The van der Waals surface area contributed by atoms with Crippen LogP contribution in [0.15, 0.2) is 52.4 Å². The molecule has 0 bridgehead atoms. The van der Waals surface area contributed by atoms with Crippen LogP contribution in [0.1, 0.15) is 11.4 Å². The van der Waals surface area contributed by atoms with E-state index in [2.05, 4.69) is 20.2 Å². The molecule has 4 rings (SSSR count). The number of nitrogens with zero attached hydrogens (tertiary/aromatic N) is 5. The van der Waals surface area contributed by atoms with Crippen LogP contribution >= 0.6 is 11.6 Å². The molecule has 176 valence electrons. The van der Waals surface area contributed by atoms with Crippen LogP contribution < -0.4 is 21.7 Å². The molecule has 3 N–H and O–H groups in total. The summed E-state index contributed by atoms with van der Waals surface area (Å²) >= 11 is 6.13. The van der Waals surface area contributed by atoms with Crippen molar-refractivity contribution in [1.29, 1.82) is 0 Å². The number of nitrogen functional groups attached to an aromatic ring is 1. The molecule has 0 unspecified atom stereocenters. The van der Waals surface area contributed by atoms with Gasteiger partial charge >= 0.3 is 11.9 Å². The fourth-order valence-corrected chi connectivity index (χ4v) is 3.29. The van der Waals surface area contributed by atoms with Crippen molar-refractivity contribution < 1.29 is 17.9 Å². The van der Waals surface area contributed by atoms with Crippen molar-refractivity contribution in [3.63, 3.8) is 0 Å². The van der Waals surface area contributed by atoms with Gasteiger partial charge in [0.1, 0.15) is 11.3 Å². The largest absolute Gasteiger partial charge is 0.451 e. The summed E-state index contributed by atoms with van der Waals surface area (Å²) in [6, 6.07) is 4.88. The van der Waals surface area contributed by atoms with Gasteiger partial charge in [0.25, 0.3) is 5.56 Å². The number of alkyl halides is 3. The molecule has 3 aromatic heterocycles. The van der Waals surface area contributed by atoms with E-state index in [1.165, 1.54) is 37.6 Å². The number of nitrogens with two attached hydrogens (primary N) is 1. The summed E-state index contributed by atoms with van der Waals surface area (Å²) in [5.74, 6) is -0.910. The van der Waals surface area contributed by atoms with Crippen molar-refractivity contribution in [2.45, 2.75) is 12.7 Å². The van der Waals surface area contributed by atoms with Crippen LogP contribution in [0, 0.1) is 0 Å². The number of anilines is 1. The van der Waals surface area contributed by atoms with E-state index in [9.17, 15) is 22.8 Å². The average molecular weight is 494 g/mol. The lowest BCUT2D eigenvalue weighted by molar-refractivity contribution is -0.138. The first kappa shape index (κ1) is 23.0. The molecule has 10 nitrogen and oxygen atoms in total. The monoisotopic (exact) mass is 493 g/mol. The van der Waals surface area contributed by atoms with Crippen molar-refractivity contribution in [3.8, 4) is 22.6 Å². The van der Waals surface area contributed by atoms with Gasteiger partial charge in [0.15, 0.2) is 5.82 Å². The van der Waals surface area contributed by atoms with Crippen LogP contribution in [0.5, 0.6) is 11.5 Å². The van der Waals surface area contributed by atoms with Crippen molar-refractivity contribution in [3.05, 3.63) is 80.1 Å².